The Hall–Kier alpha value is -2.82. The van der Waals surface area contributed by atoms with Gasteiger partial charge in [-0.3, -0.25) is 4.79 Å². The number of carbonyl (C=O) groups excluding carboxylic acids is 1. The van der Waals surface area contributed by atoms with Gasteiger partial charge < -0.3 is 14.9 Å². The summed E-state index contributed by atoms with van der Waals surface area (Å²) in [6.45, 7) is 1.40. The molecule has 0 spiro atoms. The predicted molar refractivity (Wildman–Crippen MR) is 133 cm³/mol. The van der Waals surface area contributed by atoms with Crippen molar-refractivity contribution in [1.29, 1.82) is 0 Å². The summed E-state index contributed by atoms with van der Waals surface area (Å²) >= 11 is 5.52. The number of aromatic nitrogens is 2. The minimum absolute atomic E-state index is 0.131. The largest absolute Gasteiger partial charge is 0.460 e. The van der Waals surface area contributed by atoms with Crippen molar-refractivity contribution in [2.24, 2.45) is 5.73 Å². The molecule has 0 bridgehead atoms. The van der Waals surface area contributed by atoms with Crippen molar-refractivity contribution in [3.8, 4) is 0 Å². The number of nitrogens with two attached hydrogens (primary N) is 1. The topological polar surface area (TPSA) is 107 Å². The second kappa shape index (κ2) is 9.44. The first-order valence-electron chi connectivity index (χ1n) is 11.1. The van der Waals surface area contributed by atoms with Crippen molar-refractivity contribution >= 4 is 38.8 Å². The van der Waals surface area contributed by atoms with Gasteiger partial charge in [0.15, 0.2) is 0 Å². The fraction of sp³-hybridized carbons (Fsp3) is 0.375. The van der Waals surface area contributed by atoms with Crippen LogP contribution in [0, 0.1) is 6.92 Å². The Bertz CT molecular complexity index is 1340. The Morgan fingerprint density at radius 3 is 2.85 bits per heavy atom. The van der Waals surface area contributed by atoms with E-state index >= 15 is 0 Å². The van der Waals surface area contributed by atoms with E-state index in [1.165, 1.54) is 13.1 Å². The molecule has 1 aliphatic rings. The molecule has 4 rings (SSSR count). The highest BCUT2D eigenvalue weighted by Crippen LogP contribution is 2.42. The van der Waals surface area contributed by atoms with Crippen LogP contribution in [0.2, 0.25) is 0 Å². The van der Waals surface area contributed by atoms with E-state index in [9.17, 15) is 13.2 Å². The SMILES string of the molecule is Cc1cccc(S(=O)(=O)N(C)CC(=O)OC2CCCCC2(C(N)=S)c2ccc3nccn3c2)c1. The highest BCUT2D eigenvalue weighted by atomic mass is 32.2. The first-order valence-corrected chi connectivity index (χ1v) is 12.9. The van der Waals surface area contributed by atoms with Crippen LogP contribution in [-0.4, -0.2) is 52.8 Å². The summed E-state index contributed by atoms with van der Waals surface area (Å²) in [7, 11) is -2.47. The van der Waals surface area contributed by atoms with E-state index in [4.69, 9.17) is 22.7 Å². The van der Waals surface area contributed by atoms with Crippen LogP contribution in [0.4, 0.5) is 0 Å². The van der Waals surface area contributed by atoms with E-state index in [1.54, 1.807) is 18.3 Å². The van der Waals surface area contributed by atoms with Crippen molar-refractivity contribution in [2.75, 3.05) is 13.6 Å². The Morgan fingerprint density at radius 2 is 2.12 bits per heavy atom. The maximum Gasteiger partial charge on any atom is 0.321 e. The van der Waals surface area contributed by atoms with E-state index < -0.39 is 34.1 Å². The zero-order valence-corrected chi connectivity index (χ0v) is 20.8. The van der Waals surface area contributed by atoms with Gasteiger partial charge in [-0.2, -0.15) is 4.31 Å². The van der Waals surface area contributed by atoms with E-state index in [0.717, 1.165) is 33.9 Å². The van der Waals surface area contributed by atoms with Crippen LogP contribution in [0.3, 0.4) is 0 Å². The van der Waals surface area contributed by atoms with Gasteiger partial charge in [0.05, 0.1) is 15.3 Å². The highest BCUT2D eigenvalue weighted by molar-refractivity contribution is 7.89. The number of rotatable bonds is 7. The predicted octanol–water partition coefficient (Wildman–Crippen LogP) is 2.97. The number of sulfonamides is 1. The van der Waals surface area contributed by atoms with Crippen LogP contribution < -0.4 is 5.73 Å². The van der Waals surface area contributed by atoms with Crippen LogP contribution in [0.5, 0.6) is 0 Å². The number of fused-ring (bicyclic) bond motifs is 1. The van der Waals surface area contributed by atoms with Crippen molar-refractivity contribution < 1.29 is 17.9 Å². The number of carbonyl (C=O) groups is 1. The first kappa shape index (κ1) is 24.3. The molecule has 2 unspecified atom stereocenters. The fourth-order valence-electron chi connectivity index (χ4n) is 4.66. The van der Waals surface area contributed by atoms with Gasteiger partial charge >= 0.3 is 5.97 Å². The molecule has 2 aromatic heterocycles. The van der Waals surface area contributed by atoms with Gasteiger partial charge in [-0.05, 0) is 55.5 Å². The summed E-state index contributed by atoms with van der Waals surface area (Å²) < 4.78 is 34.7. The molecule has 0 saturated heterocycles. The molecule has 2 heterocycles. The minimum atomic E-state index is -3.84. The lowest BCUT2D eigenvalue weighted by molar-refractivity contribution is -0.153. The lowest BCUT2D eigenvalue weighted by atomic mass is 9.67. The quantitative estimate of drug-likeness (QED) is 0.393. The van der Waals surface area contributed by atoms with Crippen molar-refractivity contribution in [3.63, 3.8) is 0 Å². The van der Waals surface area contributed by atoms with E-state index in [1.807, 2.05) is 41.9 Å². The zero-order valence-electron chi connectivity index (χ0n) is 19.2. The van der Waals surface area contributed by atoms with Gasteiger partial charge in [0.2, 0.25) is 10.0 Å². The van der Waals surface area contributed by atoms with Gasteiger partial charge in [-0.25, -0.2) is 13.4 Å². The van der Waals surface area contributed by atoms with Crippen molar-refractivity contribution in [3.05, 3.63) is 66.1 Å². The Labute approximate surface area is 204 Å². The van der Waals surface area contributed by atoms with Crippen LogP contribution in [0.15, 0.2) is 59.9 Å². The molecular formula is C24H28N4O4S2. The molecule has 0 amide bonds. The second-order valence-corrected chi connectivity index (χ2v) is 11.2. The fourth-order valence-corrected chi connectivity index (χ4v) is 6.23. The summed E-state index contributed by atoms with van der Waals surface area (Å²) in [5.74, 6) is -0.644. The lowest BCUT2D eigenvalue weighted by Gasteiger charge is -2.43. The summed E-state index contributed by atoms with van der Waals surface area (Å²) in [6.07, 6.45) is 7.82. The summed E-state index contributed by atoms with van der Waals surface area (Å²) in [6, 6.07) is 10.4. The van der Waals surface area contributed by atoms with Crippen LogP contribution in [0.1, 0.15) is 36.8 Å². The third-order valence-electron chi connectivity index (χ3n) is 6.50. The van der Waals surface area contributed by atoms with Gasteiger partial charge in [-0.1, -0.05) is 36.8 Å². The van der Waals surface area contributed by atoms with Crippen LogP contribution >= 0.6 is 12.2 Å². The molecule has 1 aromatic carbocycles. The molecule has 1 fully saturated rings. The first-order chi connectivity index (χ1) is 16.1. The number of pyridine rings is 1. The molecule has 180 valence electrons. The van der Waals surface area contributed by atoms with Crippen molar-refractivity contribution in [2.45, 2.75) is 49.0 Å². The summed E-state index contributed by atoms with van der Waals surface area (Å²) in [5, 5.41) is 0. The Kier molecular flexibility index (Phi) is 6.75. The second-order valence-electron chi connectivity index (χ2n) is 8.75. The molecule has 34 heavy (non-hydrogen) atoms. The van der Waals surface area contributed by atoms with Crippen molar-refractivity contribution in [1.82, 2.24) is 13.7 Å². The Balaban J connectivity index is 1.58. The van der Waals surface area contributed by atoms with Crippen LogP contribution in [0.25, 0.3) is 5.65 Å². The molecular weight excluding hydrogens is 472 g/mol. The molecule has 2 atom stereocenters. The molecule has 2 N–H and O–H groups in total. The zero-order chi connectivity index (χ0) is 24.5. The molecule has 10 heteroatoms. The number of hydrogen-bond donors (Lipinski definition) is 1. The minimum Gasteiger partial charge on any atom is -0.460 e. The number of ether oxygens (including phenoxy) is 1. The number of aryl methyl sites for hydroxylation is 1. The molecule has 0 aliphatic heterocycles. The number of likely N-dealkylation sites (N-methyl/N-ethyl adjacent to an activating group) is 1. The lowest BCUT2D eigenvalue weighted by Crippen LogP contribution is -2.53. The Morgan fingerprint density at radius 1 is 1.32 bits per heavy atom. The van der Waals surface area contributed by atoms with E-state index in [0.29, 0.717) is 12.8 Å². The molecule has 0 radical (unpaired) electrons. The number of nitrogens with zero attached hydrogens (tertiary/aromatic N) is 3. The number of imidazole rings is 1. The summed E-state index contributed by atoms with van der Waals surface area (Å²) in [5.41, 5.74) is 7.90. The summed E-state index contributed by atoms with van der Waals surface area (Å²) in [4.78, 5) is 17.6. The standard InChI is InChI=1S/C24H28N4O4S2/c1-17-6-5-7-19(14-17)34(30,31)27(2)16-22(29)32-20-8-3-4-11-24(20,23(25)33)18-9-10-21-26-12-13-28(21)15-18/h5-7,9-10,12-15,20H,3-4,8,11,16H2,1-2H3,(H2,25,33). The van der Waals surface area contributed by atoms with Gasteiger partial charge in [0, 0.05) is 25.6 Å². The van der Waals surface area contributed by atoms with Crippen LogP contribution in [-0.2, 0) is 25.0 Å². The molecule has 1 aliphatic carbocycles. The van der Waals surface area contributed by atoms with Gasteiger partial charge in [0.1, 0.15) is 18.3 Å². The third-order valence-corrected chi connectivity index (χ3v) is 8.67. The maximum atomic E-state index is 13.0. The number of benzene rings is 1. The smallest absolute Gasteiger partial charge is 0.321 e. The number of esters is 1. The number of thiocarbonyl (C=S) groups is 1. The maximum absolute atomic E-state index is 13.0. The van der Waals surface area contributed by atoms with Gasteiger partial charge in [0.25, 0.3) is 0 Å². The normalized spacial score (nSPS) is 21.0. The molecule has 3 aromatic rings. The van der Waals surface area contributed by atoms with E-state index in [-0.39, 0.29) is 9.88 Å². The average Bonchev–Trinajstić information content (AvgIpc) is 3.27. The molecule has 8 nitrogen and oxygen atoms in total. The molecule has 1 saturated carbocycles. The third kappa shape index (κ3) is 4.45. The monoisotopic (exact) mass is 500 g/mol. The number of hydrogen-bond acceptors (Lipinski definition) is 6. The van der Waals surface area contributed by atoms with E-state index in [2.05, 4.69) is 4.98 Å². The highest BCUT2D eigenvalue weighted by Gasteiger charge is 2.47. The average molecular weight is 501 g/mol. The van der Waals surface area contributed by atoms with Gasteiger partial charge in [-0.15, -0.1) is 0 Å².